The molecule has 4 nitrogen and oxygen atoms in total. The molecule has 0 aromatic heterocycles. The van der Waals surface area contributed by atoms with Crippen molar-refractivity contribution in [1.82, 2.24) is 5.32 Å². The fourth-order valence-corrected chi connectivity index (χ4v) is 2.30. The lowest BCUT2D eigenvalue weighted by atomic mass is 10.1. The molecule has 0 aliphatic heterocycles. The molecule has 1 aliphatic rings. The Bertz CT molecular complexity index is 511. The number of benzene rings is 1. The summed E-state index contributed by atoms with van der Waals surface area (Å²) in [5.41, 5.74) is 1.22. The van der Waals surface area contributed by atoms with Crippen LogP contribution in [0, 0.1) is 12.8 Å². The Morgan fingerprint density at radius 3 is 2.74 bits per heavy atom. The van der Waals surface area contributed by atoms with E-state index >= 15 is 0 Å². The van der Waals surface area contributed by atoms with Gasteiger partial charge < -0.3 is 10.4 Å². The molecule has 2 rings (SSSR count). The van der Waals surface area contributed by atoms with Crippen molar-refractivity contribution >= 4 is 23.5 Å². The van der Waals surface area contributed by atoms with Gasteiger partial charge in [0.2, 0.25) is 0 Å². The number of hydrogen-bond donors (Lipinski definition) is 2. The van der Waals surface area contributed by atoms with Crippen LogP contribution < -0.4 is 5.32 Å². The smallest absolute Gasteiger partial charge is 0.305 e. The summed E-state index contributed by atoms with van der Waals surface area (Å²) in [7, 11) is 0. The highest BCUT2D eigenvalue weighted by molar-refractivity contribution is 6.31. The lowest BCUT2D eigenvalue weighted by Gasteiger charge is -2.17. The number of rotatable bonds is 5. The van der Waals surface area contributed by atoms with E-state index in [1.54, 1.807) is 25.1 Å². The number of carbonyl (C=O) groups is 2. The molecule has 0 bridgehead atoms. The first-order valence-electron chi connectivity index (χ1n) is 6.27. The van der Waals surface area contributed by atoms with Crippen molar-refractivity contribution in [2.75, 3.05) is 0 Å². The number of carboxylic acid groups (broad SMARTS) is 1. The largest absolute Gasteiger partial charge is 0.481 e. The number of carbonyl (C=O) groups excluding carboxylic acids is 1. The summed E-state index contributed by atoms with van der Waals surface area (Å²) >= 11 is 5.98. The molecule has 1 unspecified atom stereocenters. The van der Waals surface area contributed by atoms with E-state index in [0.717, 1.165) is 12.8 Å². The molecule has 0 radical (unpaired) electrons. The van der Waals surface area contributed by atoms with Gasteiger partial charge in [0, 0.05) is 16.6 Å². The molecule has 1 amide bonds. The van der Waals surface area contributed by atoms with Crippen LogP contribution >= 0.6 is 11.6 Å². The number of carboxylic acids is 1. The standard InChI is InChI=1S/C14H16ClNO3/c1-8-10(3-2-4-11(8)15)14(19)16-12(7-13(17)18)9-5-6-9/h2-4,9,12H,5-7H2,1H3,(H,16,19)(H,17,18). The van der Waals surface area contributed by atoms with E-state index in [1.165, 1.54) is 0 Å². The average molecular weight is 282 g/mol. The van der Waals surface area contributed by atoms with E-state index < -0.39 is 5.97 Å². The minimum Gasteiger partial charge on any atom is -0.481 e. The number of amides is 1. The monoisotopic (exact) mass is 281 g/mol. The van der Waals surface area contributed by atoms with Crippen molar-refractivity contribution in [1.29, 1.82) is 0 Å². The average Bonchev–Trinajstić information content (AvgIpc) is 3.15. The van der Waals surface area contributed by atoms with E-state index in [0.29, 0.717) is 22.1 Å². The Balaban J connectivity index is 2.10. The Morgan fingerprint density at radius 2 is 2.16 bits per heavy atom. The van der Waals surface area contributed by atoms with Crippen molar-refractivity contribution in [2.45, 2.75) is 32.2 Å². The van der Waals surface area contributed by atoms with Gasteiger partial charge >= 0.3 is 5.97 Å². The van der Waals surface area contributed by atoms with Gasteiger partial charge in [0.15, 0.2) is 0 Å². The number of nitrogens with one attached hydrogen (secondary N) is 1. The van der Waals surface area contributed by atoms with Gasteiger partial charge in [-0.1, -0.05) is 17.7 Å². The Kier molecular flexibility index (Phi) is 4.10. The van der Waals surface area contributed by atoms with Crippen molar-refractivity contribution in [3.05, 3.63) is 34.3 Å². The molecule has 102 valence electrons. The molecule has 1 aliphatic carbocycles. The molecule has 1 saturated carbocycles. The van der Waals surface area contributed by atoms with E-state index in [4.69, 9.17) is 16.7 Å². The second kappa shape index (κ2) is 5.61. The molecule has 19 heavy (non-hydrogen) atoms. The molecule has 0 saturated heterocycles. The van der Waals surface area contributed by atoms with E-state index in [2.05, 4.69) is 5.32 Å². The highest BCUT2D eigenvalue weighted by Crippen LogP contribution is 2.34. The summed E-state index contributed by atoms with van der Waals surface area (Å²) in [4.78, 5) is 23.0. The van der Waals surface area contributed by atoms with E-state index in [-0.39, 0.29) is 18.4 Å². The normalized spacial score (nSPS) is 15.9. The SMILES string of the molecule is Cc1c(Cl)cccc1C(=O)NC(CC(=O)O)C1CC1. The van der Waals surface area contributed by atoms with E-state index in [1.807, 2.05) is 0 Å². The first-order valence-corrected chi connectivity index (χ1v) is 6.64. The predicted molar refractivity (Wildman–Crippen MR) is 72.4 cm³/mol. The van der Waals surface area contributed by atoms with Gasteiger partial charge in [-0.15, -0.1) is 0 Å². The third-order valence-electron chi connectivity index (χ3n) is 3.41. The maximum atomic E-state index is 12.2. The second-order valence-electron chi connectivity index (χ2n) is 4.93. The van der Waals surface area contributed by atoms with Crippen LogP contribution in [0.5, 0.6) is 0 Å². The van der Waals surface area contributed by atoms with Crippen LogP contribution in [0.1, 0.15) is 35.2 Å². The highest BCUT2D eigenvalue weighted by atomic mass is 35.5. The zero-order valence-electron chi connectivity index (χ0n) is 10.6. The fourth-order valence-electron chi connectivity index (χ4n) is 2.12. The first-order chi connectivity index (χ1) is 8.99. The number of hydrogen-bond acceptors (Lipinski definition) is 2. The van der Waals surface area contributed by atoms with Crippen LogP contribution in [-0.2, 0) is 4.79 Å². The van der Waals surface area contributed by atoms with Crippen molar-refractivity contribution in [2.24, 2.45) is 5.92 Å². The molecule has 0 spiro atoms. The minimum absolute atomic E-state index is 0.0317. The number of halogens is 1. The Morgan fingerprint density at radius 1 is 1.47 bits per heavy atom. The zero-order valence-corrected chi connectivity index (χ0v) is 11.4. The summed E-state index contributed by atoms with van der Waals surface area (Å²) in [6.07, 6.45) is 1.93. The summed E-state index contributed by atoms with van der Waals surface area (Å²) in [5.74, 6) is -0.849. The molecule has 5 heteroatoms. The molecule has 1 aromatic carbocycles. The van der Waals surface area contributed by atoms with Crippen molar-refractivity contribution in [3.63, 3.8) is 0 Å². The molecule has 2 N–H and O–H groups in total. The minimum atomic E-state index is -0.889. The molecule has 1 fully saturated rings. The van der Waals surface area contributed by atoms with Crippen molar-refractivity contribution in [3.8, 4) is 0 Å². The summed E-state index contributed by atoms with van der Waals surface area (Å²) < 4.78 is 0. The van der Waals surface area contributed by atoms with Gasteiger partial charge in [0.05, 0.1) is 6.42 Å². The van der Waals surface area contributed by atoms with Crippen LogP contribution in [0.2, 0.25) is 5.02 Å². The van der Waals surface area contributed by atoms with Gasteiger partial charge in [0.25, 0.3) is 5.91 Å². The Labute approximate surface area is 116 Å². The molecular formula is C14H16ClNO3. The predicted octanol–water partition coefficient (Wildman–Crippen LogP) is 2.63. The third-order valence-corrected chi connectivity index (χ3v) is 3.82. The summed E-state index contributed by atoms with van der Waals surface area (Å²) in [6.45, 7) is 1.78. The summed E-state index contributed by atoms with van der Waals surface area (Å²) in [5, 5.41) is 12.2. The summed E-state index contributed by atoms with van der Waals surface area (Å²) in [6, 6.07) is 4.85. The topological polar surface area (TPSA) is 66.4 Å². The quantitative estimate of drug-likeness (QED) is 0.872. The lowest BCUT2D eigenvalue weighted by Crippen LogP contribution is -2.38. The Hall–Kier alpha value is -1.55. The maximum absolute atomic E-state index is 12.2. The third kappa shape index (κ3) is 3.47. The zero-order chi connectivity index (χ0) is 14.0. The number of aliphatic carboxylic acids is 1. The van der Waals surface area contributed by atoms with Crippen LogP contribution in [0.25, 0.3) is 0 Å². The van der Waals surface area contributed by atoms with Gasteiger partial charge in [-0.05, 0) is 43.4 Å². The lowest BCUT2D eigenvalue weighted by molar-refractivity contribution is -0.137. The first kappa shape index (κ1) is 13.9. The van der Waals surface area contributed by atoms with Crippen LogP contribution in [0.3, 0.4) is 0 Å². The van der Waals surface area contributed by atoms with Crippen LogP contribution in [-0.4, -0.2) is 23.0 Å². The van der Waals surface area contributed by atoms with Gasteiger partial charge in [-0.25, -0.2) is 0 Å². The fraction of sp³-hybridized carbons (Fsp3) is 0.429. The highest BCUT2D eigenvalue weighted by Gasteiger charge is 2.34. The van der Waals surface area contributed by atoms with Crippen LogP contribution in [0.15, 0.2) is 18.2 Å². The van der Waals surface area contributed by atoms with Crippen LogP contribution in [0.4, 0.5) is 0 Å². The maximum Gasteiger partial charge on any atom is 0.305 e. The van der Waals surface area contributed by atoms with Crippen molar-refractivity contribution < 1.29 is 14.7 Å². The molecular weight excluding hydrogens is 266 g/mol. The second-order valence-corrected chi connectivity index (χ2v) is 5.33. The van der Waals surface area contributed by atoms with Gasteiger partial charge in [-0.3, -0.25) is 9.59 Å². The van der Waals surface area contributed by atoms with Gasteiger partial charge in [-0.2, -0.15) is 0 Å². The molecule has 1 atom stereocenters. The molecule has 0 heterocycles. The van der Waals surface area contributed by atoms with E-state index in [9.17, 15) is 9.59 Å². The van der Waals surface area contributed by atoms with Gasteiger partial charge in [0.1, 0.15) is 0 Å². The molecule has 1 aromatic rings.